The van der Waals surface area contributed by atoms with Crippen LogP contribution < -0.4 is 16.8 Å². The Bertz CT molecular complexity index is 401. The van der Waals surface area contributed by atoms with Crippen molar-refractivity contribution in [3.63, 3.8) is 0 Å². The third kappa shape index (κ3) is 2.86. The van der Waals surface area contributed by atoms with Crippen molar-refractivity contribution in [3.8, 4) is 0 Å². The Morgan fingerprint density at radius 1 is 1.65 bits per heavy atom. The molecular weight excluding hydrogens is 240 g/mol. The molecule has 6 nitrogen and oxygen atoms in total. The molecule has 1 fully saturated rings. The molecule has 94 valence electrons. The molecule has 0 saturated carbocycles. The quantitative estimate of drug-likeness (QED) is 0.734. The SMILES string of the molecule is NC(=O)c1c(N)nsc1NCC1CCCOC1. The molecule has 2 heterocycles. The normalized spacial score (nSPS) is 20.1. The second-order valence-electron chi connectivity index (χ2n) is 4.10. The Morgan fingerprint density at radius 3 is 3.12 bits per heavy atom. The first kappa shape index (κ1) is 12.1. The molecule has 1 atom stereocenters. The molecule has 0 radical (unpaired) electrons. The van der Waals surface area contributed by atoms with Crippen LogP contribution in [0.2, 0.25) is 0 Å². The van der Waals surface area contributed by atoms with Crippen LogP contribution in [0, 0.1) is 5.92 Å². The van der Waals surface area contributed by atoms with Gasteiger partial charge in [0.05, 0.1) is 6.61 Å². The summed E-state index contributed by atoms with van der Waals surface area (Å²) >= 11 is 1.17. The zero-order chi connectivity index (χ0) is 12.3. The maximum absolute atomic E-state index is 11.2. The number of nitrogens with zero attached hydrogens (tertiary/aromatic N) is 1. The van der Waals surface area contributed by atoms with Crippen molar-refractivity contribution >= 4 is 28.3 Å². The lowest BCUT2D eigenvalue weighted by Gasteiger charge is -2.22. The number of hydrogen-bond donors (Lipinski definition) is 3. The fourth-order valence-electron chi connectivity index (χ4n) is 1.87. The fraction of sp³-hybridized carbons (Fsp3) is 0.600. The van der Waals surface area contributed by atoms with Crippen molar-refractivity contribution in [3.05, 3.63) is 5.56 Å². The lowest BCUT2D eigenvalue weighted by Crippen LogP contribution is -2.25. The molecule has 1 aromatic heterocycles. The van der Waals surface area contributed by atoms with Gasteiger partial charge in [0.15, 0.2) is 5.82 Å². The number of ether oxygens (including phenoxy) is 1. The number of rotatable bonds is 4. The van der Waals surface area contributed by atoms with Crippen LogP contribution in [0.25, 0.3) is 0 Å². The van der Waals surface area contributed by atoms with Crippen molar-refractivity contribution in [1.29, 1.82) is 0 Å². The van der Waals surface area contributed by atoms with E-state index in [1.54, 1.807) is 0 Å². The molecule has 2 rings (SSSR count). The first-order valence-corrected chi connectivity index (χ1v) is 6.32. The molecule has 7 heteroatoms. The van der Waals surface area contributed by atoms with Gasteiger partial charge in [-0.25, -0.2) is 0 Å². The van der Waals surface area contributed by atoms with Crippen LogP contribution in [0.3, 0.4) is 0 Å². The van der Waals surface area contributed by atoms with Gasteiger partial charge >= 0.3 is 0 Å². The number of carbonyl (C=O) groups excluding carboxylic acids is 1. The van der Waals surface area contributed by atoms with E-state index >= 15 is 0 Å². The highest BCUT2D eigenvalue weighted by atomic mass is 32.1. The Morgan fingerprint density at radius 2 is 2.47 bits per heavy atom. The largest absolute Gasteiger partial charge is 0.382 e. The van der Waals surface area contributed by atoms with Crippen molar-refractivity contribution in [2.45, 2.75) is 12.8 Å². The third-order valence-corrected chi connectivity index (χ3v) is 3.59. The summed E-state index contributed by atoms with van der Waals surface area (Å²) < 4.78 is 9.31. The second-order valence-corrected chi connectivity index (χ2v) is 4.87. The average molecular weight is 256 g/mol. The molecule has 17 heavy (non-hydrogen) atoms. The van der Waals surface area contributed by atoms with E-state index < -0.39 is 5.91 Å². The molecule has 5 N–H and O–H groups in total. The van der Waals surface area contributed by atoms with Gasteiger partial charge in [-0.05, 0) is 30.3 Å². The van der Waals surface area contributed by atoms with Crippen LogP contribution >= 0.6 is 11.5 Å². The molecule has 0 spiro atoms. The summed E-state index contributed by atoms with van der Waals surface area (Å²) in [7, 11) is 0. The van der Waals surface area contributed by atoms with E-state index in [2.05, 4.69) is 9.69 Å². The summed E-state index contributed by atoms with van der Waals surface area (Å²) in [6.45, 7) is 2.35. The van der Waals surface area contributed by atoms with Crippen LogP contribution in [0.1, 0.15) is 23.2 Å². The van der Waals surface area contributed by atoms with E-state index in [0.29, 0.717) is 16.5 Å². The molecule has 0 aliphatic carbocycles. The predicted octanol–water partition coefficient (Wildman–Crippen LogP) is 0.663. The average Bonchev–Trinajstić information content (AvgIpc) is 2.69. The third-order valence-electron chi connectivity index (χ3n) is 2.77. The van der Waals surface area contributed by atoms with Crippen molar-refractivity contribution in [2.75, 3.05) is 30.8 Å². The minimum Gasteiger partial charge on any atom is -0.382 e. The van der Waals surface area contributed by atoms with E-state index in [1.807, 2.05) is 0 Å². The summed E-state index contributed by atoms with van der Waals surface area (Å²) in [4.78, 5) is 11.2. The molecule has 1 unspecified atom stereocenters. The van der Waals surface area contributed by atoms with Crippen molar-refractivity contribution in [1.82, 2.24) is 4.37 Å². The summed E-state index contributed by atoms with van der Waals surface area (Å²) in [6, 6.07) is 0. The van der Waals surface area contributed by atoms with Gasteiger partial charge in [0.25, 0.3) is 5.91 Å². The number of aromatic nitrogens is 1. The molecule has 1 amide bonds. The number of anilines is 2. The molecule has 0 bridgehead atoms. The van der Waals surface area contributed by atoms with Crippen LogP contribution in [-0.4, -0.2) is 30.0 Å². The molecular formula is C10H16N4O2S. The number of amides is 1. The van der Waals surface area contributed by atoms with Gasteiger partial charge in [-0.1, -0.05) is 0 Å². The Balaban J connectivity index is 1.96. The summed E-state index contributed by atoms with van der Waals surface area (Å²) in [5.74, 6) is 0.122. The topological polar surface area (TPSA) is 103 Å². The lowest BCUT2D eigenvalue weighted by atomic mass is 10.0. The lowest BCUT2D eigenvalue weighted by molar-refractivity contribution is 0.0595. The Hall–Kier alpha value is -1.34. The van der Waals surface area contributed by atoms with E-state index in [9.17, 15) is 4.79 Å². The van der Waals surface area contributed by atoms with Gasteiger partial charge in [-0.3, -0.25) is 4.79 Å². The Kier molecular flexibility index (Phi) is 3.80. The van der Waals surface area contributed by atoms with Gasteiger partial charge in [-0.2, -0.15) is 4.37 Å². The van der Waals surface area contributed by atoms with Crippen LogP contribution in [0.4, 0.5) is 10.8 Å². The molecule has 1 aromatic rings. The standard InChI is InChI=1S/C10H16N4O2S/c11-8-7(9(12)15)10(17-14-8)13-4-6-2-1-3-16-5-6/h6,13H,1-5H2,(H2,11,14)(H2,12,15). The predicted molar refractivity (Wildman–Crippen MR) is 67.1 cm³/mol. The van der Waals surface area contributed by atoms with Gasteiger partial charge in [0.2, 0.25) is 0 Å². The highest BCUT2D eigenvalue weighted by molar-refractivity contribution is 7.11. The minimum atomic E-state index is -0.543. The van der Waals surface area contributed by atoms with E-state index in [1.165, 1.54) is 11.5 Å². The highest BCUT2D eigenvalue weighted by Gasteiger charge is 2.19. The van der Waals surface area contributed by atoms with Gasteiger partial charge in [0.1, 0.15) is 10.6 Å². The van der Waals surface area contributed by atoms with E-state index in [4.69, 9.17) is 16.2 Å². The summed E-state index contributed by atoms with van der Waals surface area (Å²) in [5.41, 5.74) is 11.1. The smallest absolute Gasteiger partial charge is 0.255 e. The fourth-order valence-corrected chi connectivity index (χ4v) is 2.59. The number of carbonyl (C=O) groups is 1. The van der Waals surface area contributed by atoms with Crippen molar-refractivity contribution in [2.24, 2.45) is 11.7 Å². The monoisotopic (exact) mass is 256 g/mol. The first-order valence-electron chi connectivity index (χ1n) is 5.55. The summed E-state index contributed by atoms with van der Waals surface area (Å²) in [5, 5.41) is 3.83. The number of hydrogen-bond acceptors (Lipinski definition) is 6. The van der Waals surface area contributed by atoms with Crippen LogP contribution in [0.5, 0.6) is 0 Å². The number of nitrogen functional groups attached to an aromatic ring is 1. The van der Waals surface area contributed by atoms with Gasteiger partial charge in [-0.15, -0.1) is 0 Å². The molecule has 0 aromatic carbocycles. The van der Waals surface area contributed by atoms with Gasteiger partial charge in [0, 0.05) is 13.2 Å². The number of nitrogens with one attached hydrogen (secondary N) is 1. The maximum atomic E-state index is 11.2. The zero-order valence-electron chi connectivity index (χ0n) is 9.44. The van der Waals surface area contributed by atoms with Crippen LogP contribution in [0.15, 0.2) is 0 Å². The minimum absolute atomic E-state index is 0.199. The Labute approximate surface area is 103 Å². The number of primary amides is 1. The molecule has 1 aliphatic heterocycles. The summed E-state index contributed by atoms with van der Waals surface area (Å²) in [6.07, 6.45) is 2.22. The maximum Gasteiger partial charge on any atom is 0.255 e. The zero-order valence-corrected chi connectivity index (χ0v) is 10.3. The van der Waals surface area contributed by atoms with E-state index in [-0.39, 0.29) is 5.82 Å². The van der Waals surface area contributed by atoms with E-state index in [0.717, 1.165) is 32.6 Å². The highest BCUT2D eigenvalue weighted by Crippen LogP contribution is 2.26. The number of nitrogens with two attached hydrogens (primary N) is 2. The first-order chi connectivity index (χ1) is 8.18. The second kappa shape index (κ2) is 5.33. The van der Waals surface area contributed by atoms with Gasteiger partial charge < -0.3 is 21.5 Å². The van der Waals surface area contributed by atoms with Crippen LogP contribution in [-0.2, 0) is 4.74 Å². The molecule has 1 saturated heterocycles. The van der Waals surface area contributed by atoms with Crippen molar-refractivity contribution < 1.29 is 9.53 Å². The molecule has 1 aliphatic rings.